The number of fused-ring (bicyclic) bond motifs is 2. The third-order valence-corrected chi connectivity index (χ3v) is 7.90. The van der Waals surface area contributed by atoms with E-state index in [1.54, 1.807) is 0 Å². The van der Waals surface area contributed by atoms with E-state index in [0.717, 1.165) is 46.4 Å². The number of methoxy groups -OCH3 is 1. The lowest BCUT2D eigenvalue weighted by atomic mass is 9.78. The zero-order chi connectivity index (χ0) is 22.4. The molecule has 164 valence electrons. The summed E-state index contributed by atoms with van der Waals surface area (Å²) in [5, 5.41) is 13.0. The first-order valence-corrected chi connectivity index (χ1v) is 11.4. The number of nitrogens with one attached hydrogen (secondary N) is 1. The molecule has 0 unspecified atom stereocenters. The molecule has 1 amide bonds. The van der Waals surface area contributed by atoms with E-state index in [4.69, 9.17) is 4.74 Å². The quantitative estimate of drug-likeness (QED) is 0.650. The predicted molar refractivity (Wildman–Crippen MR) is 119 cm³/mol. The van der Waals surface area contributed by atoms with Crippen molar-refractivity contribution in [2.24, 2.45) is 23.7 Å². The van der Waals surface area contributed by atoms with Crippen LogP contribution in [-0.2, 0) is 14.3 Å². The number of benzene rings is 1. The second kappa shape index (κ2) is 8.11. The number of aliphatic carboxylic acids is 1. The molecule has 0 saturated heterocycles. The van der Waals surface area contributed by atoms with Gasteiger partial charge in [0.2, 0.25) is 5.91 Å². The summed E-state index contributed by atoms with van der Waals surface area (Å²) < 4.78 is 5.06. The van der Waals surface area contributed by atoms with Crippen LogP contribution in [0.5, 0.6) is 0 Å². The van der Waals surface area contributed by atoms with Gasteiger partial charge in [0.05, 0.1) is 18.9 Å². The van der Waals surface area contributed by atoms with Crippen molar-refractivity contribution in [3.63, 3.8) is 0 Å². The van der Waals surface area contributed by atoms with Crippen molar-refractivity contribution in [2.75, 3.05) is 12.4 Å². The Morgan fingerprint density at radius 2 is 1.77 bits per heavy atom. The van der Waals surface area contributed by atoms with Gasteiger partial charge in [0.25, 0.3) is 0 Å². The van der Waals surface area contributed by atoms with Crippen molar-refractivity contribution in [3.05, 3.63) is 39.8 Å². The summed E-state index contributed by atoms with van der Waals surface area (Å²) in [5.41, 5.74) is 4.11. The zero-order valence-corrected chi connectivity index (χ0v) is 19.0. The predicted octanol–water partition coefficient (Wildman–Crippen LogP) is 4.81. The van der Waals surface area contributed by atoms with Crippen LogP contribution in [0.3, 0.4) is 0 Å². The number of amides is 1. The maximum Gasteiger partial charge on any atom is 0.341 e. The number of hydrogen-bond donors (Lipinski definition) is 2. The Balaban J connectivity index is 1.74. The van der Waals surface area contributed by atoms with Gasteiger partial charge < -0.3 is 15.2 Å². The molecule has 2 aliphatic carbocycles. The Hall–Kier alpha value is -2.67. The molecule has 1 aromatic heterocycles. The van der Waals surface area contributed by atoms with Crippen LogP contribution in [0.4, 0.5) is 5.00 Å². The Morgan fingerprint density at radius 3 is 2.42 bits per heavy atom. The number of carbonyl (C=O) groups excluding carboxylic acids is 2. The number of carbonyl (C=O) groups is 3. The van der Waals surface area contributed by atoms with Crippen molar-refractivity contribution in [2.45, 2.75) is 40.0 Å². The average Bonchev–Trinajstić information content (AvgIpc) is 3.42. The van der Waals surface area contributed by atoms with Crippen LogP contribution < -0.4 is 5.32 Å². The third-order valence-electron chi connectivity index (χ3n) is 6.88. The maximum atomic E-state index is 13.2. The van der Waals surface area contributed by atoms with Gasteiger partial charge in [-0.05, 0) is 63.0 Å². The standard InChI is InChI=1S/C24H27NO5S/c1-11-5-6-12(2)16(9-11)17-13(3)31-22(20(17)24(29)30-4)25-21(26)18-14-7-8-15(10-14)19(18)23(27)28/h5-6,9,14-15,18-19H,7-8,10H2,1-4H3,(H,25,26)(H,27,28)/t14-,15-,18-,19-/m0/s1. The second-order valence-electron chi connectivity index (χ2n) is 8.76. The molecule has 6 nitrogen and oxygen atoms in total. The highest BCUT2D eigenvalue weighted by atomic mass is 32.1. The molecule has 4 atom stereocenters. The number of aryl methyl sites for hydroxylation is 3. The molecule has 7 heteroatoms. The van der Waals surface area contributed by atoms with E-state index >= 15 is 0 Å². The minimum absolute atomic E-state index is 0.0638. The van der Waals surface area contributed by atoms with Gasteiger partial charge in [0.15, 0.2) is 0 Å². The van der Waals surface area contributed by atoms with E-state index in [1.807, 2.05) is 39.0 Å². The Labute approximate surface area is 185 Å². The van der Waals surface area contributed by atoms with Crippen molar-refractivity contribution in [1.82, 2.24) is 0 Å². The molecule has 4 rings (SSSR count). The Bertz CT molecular complexity index is 1070. The summed E-state index contributed by atoms with van der Waals surface area (Å²) in [4.78, 5) is 38.8. The average molecular weight is 442 g/mol. The van der Waals surface area contributed by atoms with E-state index in [-0.39, 0.29) is 17.7 Å². The highest BCUT2D eigenvalue weighted by Crippen LogP contribution is 2.53. The van der Waals surface area contributed by atoms with Crippen LogP contribution in [-0.4, -0.2) is 30.1 Å². The fraction of sp³-hybridized carbons (Fsp3) is 0.458. The van der Waals surface area contributed by atoms with E-state index in [0.29, 0.717) is 10.6 Å². The van der Waals surface area contributed by atoms with Crippen molar-refractivity contribution in [3.8, 4) is 11.1 Å². The number of rotatable bonds is 5. The van der Waals surface area contributed by atoms with Crippen molar-refractivity contribution >= 4 is 34.2 Å². The fourth-order valence-corrected chi connectivity index (χ4v) is 6.54. The first kappa shape index (κ1) is 21.6. The number of carboxylic acid groups (broad SMARTS) is 1. The molecule has 1 heterocycles. The van der Waals surface area contributed by atoms with Crippen molar-refractivity contribution in [1.29, 1.82) is 0 Å². The van der Waals surface area contributed by atoms with E-state index in [1.165, 1.54) is 18.4 Å². The minimum atomic E-state index is -0.904. The number of esters is 1. The minimum Gasteiger partial charge on any atom is -0.481 e. The topological polar surface area (TPSA) is 92.7 Å². The molecule has 0 radical (unpaired) electrons. The van der Waals surface area contributed by atoms with Crippen molar-refractivity contribution < 1.29 is 24.2 Å². The molecule has 2 aromatic rings. The summed E-state index contributed by atoms with van der Waals surface area (Å²) in [6, 6.07) is 6.05. The maximum absolute atomic E-state index is 13.2. The van der Waals surface area contributed by atoms with Gasteiger partial charge in [-0.15, -0.1) is 11.3 Å². The molecular formula is C24H27NO5S. The Morgan fingerprint density at radius 1 is 1.10 bits per heavy atom. The lowest BCUT2D eigenvalue weighted by Crippen LogP contribution is -2.37. The molecule has 2 saturated carbocycles. The lowest BCUT2D eigenvalue weighted by molar-refractivity contribution is -0.148. The fourth-order valence-electron chi connectivity index (χ4n) is 5.48. The highest BCUT2D eigenvalue weighted by molar-refractivity contribution is 7.17. The number of thiophene rings is 1. The monoisotopic (exact) mass is 441 g/mol. The van der Waals surface area contributed by atoms with Crippen LogP contribution in [0.2, 0.25) is 0 Å². The zero-order valence-electron chi connectivity index (χ0n) is 18.2. The first-order chi connectivity index (χ1) is 14.7. The van der Waals surface area contributed by atoms with Gasteiger partial charge in [-0.1, -0.05) is 23.8 Å². The Kier molecular flexibility index (Phi) is 5.64. The normalized spacial score (nSPS) is 24.3. The number of carboxylic acids is 1. The number of anilines is 1. The van der Waals surface area contributed by atoms with Gasteiger partial charge in [-0.3, -0.25) is 9.59 Å². The SMILES string of the molecule is COC(=O)c1c(NC(=O)[C@H]2[C@H]3CC[C@@H](C3)[C@@H]2C(=O)O)sc(C)c1-c1cc(C)ccc1C. The highest BCUT2D eigenvalue weighted by Gasteiger charge is 2.54. The summed E-state index contributed by atoms with van der Waals surface area (Å²) in [5.74, 6) is -2.79. The lowest BCUT2D eigenvalue weighted by Gasteiger charge is -2.26. The van der Waals surface area contributed by atoms with Crippen LogP contribution in [0.15, 0.2) is 18.2 Å². The van der Waals surface area contributed by atoms with E-state index in [9.17, 15) is 19.5 Å². The van der Waals surface area contributed by atoms with Gasteiger partial charge in [0.1, 0.15) is 10.6 Å². The summed E-state index contributed by atoms with van der Waals surface area (Å²) in [7, 11) is 1.32. The smallest absolute Gasteiger partial charge is 0.341 e. The third kappa shape index (κ3) is 3.65. The molecule has 1 aromatic carbocycles. The molecule has 2 fully saturated rings. The van der Waals surface area contributed by atoms with Gasteiger partial charge >= 0.3 is 11.9 Å². The second-order valence-corrected chi connectivity index (χ2v) is 9.98. The summed E-state index contributed by atoms with van der Waals surface area (Å²) in [6.07, 6.45) is 2.54. The van der Waals surface area contributed by atoms with E-state index < -0.39 is 23.8 Å². The molecule has 0 aliphatic heterocycles. The molecule has 2 bridgehead atoms. The molecule has 2 N–H and O–H groups in total. The first-order valence-electron chi connectivity index (χ1n) is 10.6. The van der Waals surface area contributed by atoms with Crippen LogP contribution in [0, 0.1) is 44.4 Å². The summed E-state index contributed by atoms with van der Waals surface area (Å²) in [6.45, 7) is 5.89. The number of ether oxygens (including phenoxy) is 1. The van der Waals surface area contributed by atoms with Crippen LogP contribution >= 0.6 is 11.3 Å². The molecule has 2 aliphatic rings. The van der Waals surface area contributed by atoms with Crippen LogP contribution in [0.1, 0.15) is 45.6 Å². The number of hydrogen-bond acceptors (Lipinski definition) is 5. The van der Waals surface area contributed by atoms with Gasteiger partial charge in [-0.25, -0.2) is 4.79 Å². The van der Waals surface area contributed by atoms with Crippen LogP contribution in [0.25, 0.3) is 11.1 Å². The van der Waals surface area contributed by atoms with E-state index in [2.05, 4.69) is 5.32 Å². The van der Waals surface area contributed by atoms with Gasteiger partial charge in [-0.2, -0.15) is 0 Å². The molecule has 31 heavy (non-hydrogen) atoms. The summed E-state index contributed by atoms with van der Waals surface area (Å²) >= 11 is 1.33. The largest absolute Gasteiger partial charge is 0.481 e. The van der Waals surface area contributed by atoms with Gasteiger partial charge in [0, 0.05) is 10.4 Å². The molecular weight excluding hydrogens is 414 g/mol. The molecule has 0 spiro atoms.